The van der Waals surface area contributed by atoms with Gasteiger partial charge >= 0.3 is 5.97 Å². The molecule has 0 radical (unpaired) electrons. The first-order chi connectivity index (χ1) is 14.7. The number of anilines is 1. The molecule has 1 aromatic heterocycles. The topological polar surface area (TPSA) is 73.2 Å². The van der Waals surface area contributed by atoms with Gasteiger partial charge in [-0.05, 0) is 38.5 Å². The predicted octanol–water partition coefficient (Wildman–Crippen LogP) is 4.66. The molecular weight excluding hydrogens is 428 g/mol. The number of aromatic nitrogens is 2. The van der Waals surface area contributed by atoms with Gasteiger partial charge < -0.3 is 10.1 Å². The Morgan fingerprint density at radius 1 is 1.16 bits per heavy atom. The molecule has 0 saturated heterocycles. The number of amides is 1. The van der Waals surface area contributed by atoms with Gasteiger partial charge in [0.2, 0.25) is 0 Å². The molecule has 0 aliphatic heterocycles. The van der Waals surface area contributed by atoms with Gasteiger partial charge in [-0.2, -0.15) is 5.10 Å². The van der Waals surface area contributed by atoms with Gasteiger partial charge in [0.15, 0.2) is 6.10 Å². The van der Waals surface area contributed by atoms with E-state index in [-0.39, 0.29) is 16.4 Å². The molecule has 3 aromatic rings. The van der Waals surface area contributed by atoms with Crippen molar-refractivity contribution < 1.29 is 23.1 Å². The largest absolute Gasteiger partial charge is 0.449 e. The van der Waals surface area contributed by atoms with E-state index in [4.69, 9.17) is 16.3 Å². The summed E-state index contributed by atoms with van der Waals surface area (Å²) in [5, 5.41) is 6.62. The number of nitrogens with one attached hydrogen (secondary N) is 1. The summed E-state index contributed by atoms with van der Waals surface area (Å²) in [5.41, 5.74) is 2.22. The monoisotopic (exact) mass is 447 g/mol. The molecule has 162 valence electrons. The minimum atomic E-state index is -1.26. The van der Waals surface area contributed by atoms with Crippen molar-refractivity contribution in [3.05, 3.63) is 81.6 Å². The summed E-state index contributed by atoms with van der Waals surface area (Å²) < 4.78 is 33.4. The third-order valence-electron chi connectivity index (χ3n) is 4.56. The van der Waals surface area contributed by atoms with E-state index in [1.54, 1.807) is 6.92 Å². The van der Waals surface area contributed by atoms with Crippen molar-refractivity contribution in [2.24, 2.45) is 0 Å². The second kappa shape index (κ2) is 9.26. The smallest absolute Gasteiger partial charge is 0.343 e. The third kappa shape index (κ3) is 5.27. The summed E-state index contributed by atoms with van der Waals surface area (Å²) >= 11 is 6.35. The molecule has 1 N–H and O–H groups in total. The van der Waals surface area contributed by atoms with E-state index in [9.17, 15) is 18.4 Å². The molecule has 31 heavy (non-hydrogen) atoms. The van der Waals surface area contributed by atoms with Crippen LogP contribution in [0, 0.1) is 25.5 Å². The first-order valence-electron chi connectivity index (χ1n) is 9.41. The summed E-state index contributed by atoms with van der Waals surface area (Å²) in [6, 6.07) is 10.5. The number of carbonyl (C=O) groups excluding carboxylic acids is 2. The minimum Gasteiger partial charge on any atom is -0.449 e. The Hall–Kier alpha value is -3.26. The molecule has 0 spiro atoms. The van der Waals surface area contributed by atoms with Crippen molar-refractivity contribution in [1.82, 2.24) is 9.78 Å². The average Bonchev–Trinajstić information content (AvgIpc) is 2.98. The Balaban J connectivity index is 1.70. The van der Waals surface area contributed by atoms with Gasteiger partial charge in [-0.15, -0.1) is 0 Å². The van der Waals surface area contributed by atoms with Gasteiger partial charge in [0.05, 0.1) is 17.9 Å². The lowest BCUT2D eigenvalue weighted by Gasteiger charge is -2.14. The van der Waals surface area contributed by atoms with Gasteiger partial charge in [-0.3, -0.25) is 4.79 Å². The van der Waals surface area contributed by atoms with Crippen LogP contribution in [-0.2, 0) is 16.1 Å². The molecule has 1 atom stereocenters. The predicted molar refractivity (Wildman–Crippen MR) is 112 cm³/mol. The van der Waals surface area contributed by atoms with Crippen LogP contribution in [0.4, 0.5) is 14.5 Å². The van der Waals surface area contributed by atoms with Crippen LogP contribution in [0.1, 0.15) is 34.1 Å². The molecule has 0 fully saturated rings. The highest BCUT2D eigenvalue weighted by molar-refractivity contribution is 6.32. The highest BCUT2D eigenvalue weighted by atomic mass is 35.5. The molecule has 0 saturated carbocycles. The highest BCUT2D eigenvalue weighted by Gasteiger charge is 2.26. The summed E-state index contributed by atoms with van der Waals surface area (Å²) in [6.45, 7) is 5.26. The summed E-state index contributed by atoms with van der Waals surface area (Å²) in [7, 11) is 0. The van der Waals surface area contributed by atoms with E-state index in [0.29, 0.717) is 18.3 Å². The van der Waals surface area contributed by atoms with E-state index in [1.165, 1.54) is 11.6 Å². The van der Waals surface area contributed by atoms with Crippen LogP contribution in [0.25, 0.3) is 0 Å². The number of nitrogens with zero attached hydrogens (tertiary/aromatic N) is 2. The molecule has 1 amide bonds. The maximum absolute atomic E-state index is 13.7. The summed E-state index contributed by atoms with van der Waals surface area (Å²) in [6.07, 6.45) is -1.26. The molecule has 6 nitrogen and oxygen atoms in total. The number of carbonyl (C=O) groups is 2. The Morgan fingerprint density at radius 3 is 2.48 bits per heavy atom. The Kier molecular flexibility index (Phi) is 6.70. The van der Waals surface area contributed by atoms with Gasteiger partial charge in [0.25, 0.3) is 5.91 Å². The zero-order valence-corrected chi connectivity index (χ0v) is 17.8. The number of halogens is 3. The van der Waals surface area contributed by atoms with Crippen molar-refractivity contribution in [1.29, 1.82) is 0 Å². The quantitative estimate of drug-likeness (QED) is 0.557. The van der Waals surface area contributed by atoms with E-state index in [2.05, 4.69) is 10.4 Å². The summed E-state index contributed by atoms with van der Waals surface area (Å²) in [5.74, 6) is -3.33. The number of rotatable bonds is 6. The standard InChI is InChI=1S/C22H20ClF2N3O3/c1-12-4-6-15(7-5-12)11-28-20(23)19(13(2)27-28)22(30)31-14(3)21(29)26-18-9-8-16(24)10-17(18)25/h4-10,14H,11H2,1-3H3,(H,26,29). The van der Waals surface area contributed by atoms with E-state index >= 15 is 0 Å². The van der Waals surface area contributed by atoms with Crippen LogP contribution in [0.15, 0.2) is 42.5 Å². The number of hydrogen-bond donors (Lipinski definition) is 1. The molecular formula is C22H20ClF2N3O3. The van der Waals surface area contributed by atoms with Crippen molar-refractivity contribution in [2.45, 2.75) is 33.4 Å². The first kappa shape index (κ1) is 22.4. The van der Waals surface area contributed by atoms with Crippen LogP contribution in [0.5, 0.6) is 0 Å². The Labute approximate surface area is 182 Å². The molecule has 1 unspecified atom stereocenters. The van der Waals surface area contributed by atoms with Crippen molar-refractivity contribution >= 4 is 29.2 Å². The highest BCUT2D eigenvalue weighted by Crippen LogP contribution is 2.23. The number of hydrogen-bond acceptors (Lipinski definition) is 4. The van der Waals surface area contributed by atoms with Crippen LogP contribution < -0.4 is 5.32 Å². The average molecular weight is 448 g/mol. The molecule has 0 aliphatic carbocycles. The minimum absolute atomic E-state index is 0.0430. The number of benzene rings is 2. The molecule has 1 heterocycles. The number of aryl methyl sites for hydroxylation is 2. The Morgan fingerprint density at radius 2 is 1.84 bits per heavy atom. The lowest BCUT2D eigenvalue weighted by atomic mass is 10.1. The van der Waals surface area contributed by atoms with Crippen LogP contribution in [0.3, 0.4) is 0 Å². The molecule has 3 rings (SSSR count). The first-order valence-corrected chi connectivity index (χ1v) is 9.79. The van der Waals surface area contributed by atoms with Gasteiger partial charge in [0, 0.05) is 6.07 Å². The fourth-order valence-corrected chi connectivity index (χ4v) is 3.17. The van der Waals surface area contributed by atoms with E-state index in [1.807, 2.05) is 31.2 Å². The maximum atomic E-state index is 13.7. The van der Waals surface area contributed by atoms with Crippen molar-refractivity contribution in [3.63, 3.8) is 0 Å². The van der Waals surface area contributed by atoms with Gasteiger partial charge in [0.1, 0.15) is 22.4 Å². The van der Waals surface area contributed by atoms with E-state index in [0.717, 1.165) is 23.3 Å². The van der Waals surface area contributed by atoms with Gasteiger partial charge in [-0.1, -0.05) is 41.4 Å². The number of ether oxygens (including phenoxy) is 1. The SMILES string of the molecule is Cc1ccc(Cn2nc(C)c(C(=O)OC(C)C(=O)Nc3ccc(F)cc3F)c2Cl)cc1. The summed E-state index contributed by atoms with van der Waals surface area (Å²) in [4.78, 5) is 24.9. The van der Waals surface area contributed by atoms with Crippen LogP contribution >= 0.6 is 11.6 Å². The van der Waals surface area contributed by atoms with Crippen molar-refractivity contribution in [2.75, 3.05) is 5.32 Å². The second-order valence-electron chi connectivity index (χ2n) is 7.06. The second-order valence-corrected chi connectivity index (χ2v) is 7.41. The molecule has 2 aromatic carbocycles. The molecule has 0 bridgehead atoms. The zero-order valence-electron chi connectivity index (χ0n) is 17.1. The fourth-order valence-electron chi connectivity index (χ4n) is 2.85. The van der Waals surface area contributed by atoms with Gasteiger partial charge in [-0.25, -0.2) is 18.3 Å². The van der Waals surface area contributed by atoms with Crippen LogP contribution in [-0.4, -0.2) is 27.8 Å². The lowest BCUT2D eigenvalue weighted by Crippen LogP contribution is -2.30. The molecule has 9 heteroatoms. The molecule has 0 aliphatic rings. The third-order valence-corrected chi connectivity index (χ3v) is 4.95. The van der Waals surface area contributed by atoms with E-state index < -0.39 is 29.6 Å². The number of esters is 1. The maximum Gasteiger partial charge on any atom is 0.343 e. The van der Waals surface area contributed by atoms with Crippen molar-refractivity contribution in [3.8, 4) is 0 Å². The fraction of sp³-hybridized carbons (Fsp3) is 0.227. The van der Waals surface area contributed by atoms with Crippen LogP contribution in [0.2, 0.25) is 5.15 Å². The Bertz CT molecular complexity index is 1130. The zero-order chi connectivity index (χ0) is 22.7. The lowest BCUT2D eigenvalue weighted by molar-refractivity contribution is -0.123. The normalized spacial score (nSPS) is 11.8.